The third kappa shape index (κ3) is 3.45. The fraction of sp³-hybridized carbons (Fsp3) is 0.0526. The number of rotatable bonds is 5. The van der Waals surface area contributed by atoms with Crippen molar-refractivity contribution in [1.82, 2.24) is 25.2 Å². The smallest absolute Gasteiger partial charge is 0.269 e. The van der Waals surface area contributed by atoms with E-state index in [9.17, 15) is 4.79 Å². The van der Waals surface area contributed by atoms with E-state index < -0.39 is 0 Å². The van der Waals surface area contributed by atoms with Crippen LogP contribution < -0.4 is 15.6 Å². The Balaban J connectivity index is 1.56. The van der Waals surface area contributed by atoms with Gasteiger partial charge in [0.15, 0.2) is 11.5 Å². The summed E-state index contributed by atoms with van der Waals surface area (Å²) in [5, 5.41) is 5.66. The molecule has 140 valence electrons. The molecular weight excluding hydrogens is 380 g/mol. The van der Waals surface area contributed by atoms with E-state index in [0.29, 0.717) is 33.2 Å². The maximum atomic E-state index is 12.3. The maximum absolute atomic E-state index is 12.3. The van der Waals surface area contributed by atoms with Crippen molar-refractivity contribution in [3.63, 3.8) is 0 Å². The highest BCUT2D eigenvalue weighted by atomic mass is 35.5. The molecule has 0 atom stereocenters. The lowest BCUT2D eigenvalue weighted by atomic mass is 10.2. The molecule has 0 radical (unpaired) electrons. The number of hydrogen-bond donors (Lipinski definition) is 2. The Morgan fingerprint density at radius 1 is 1.07 bits per heavy atom. The number of methoxy groups -OCH3 is 1. The number of hydrazine groups is 1. The fourth-order valence-corrected chi connectivity index (χ4v) is 2.77. The molecule has 0 aliphatic rings. The lowest BCUT2D eigenvalue weighted by Crippen LogP contribution is -2.29. The van der Waals surface area contributed by atoms with Crippen LogP contribution in [-0.2, 0) is 0 Å². The first-order valence-electron chi connectivity index (χ1n) is 8.31. The van der Waals surface area contributed by atoms with E-state index in [1.54, 1.807) is 54.4 Å². The molecule has 0 saturated carbocycles. The third-order valence-corrected chi connectivity index (χ3v) is 4.34. The Morgan fingerprint density at radius 3 is 2.54 bits per heavy atom. The average Bonchev–Trinajstić information content (AvgIpc) is 3.17. The van der Waals surface area contributed by atoms with Gasteiger partial charge in [-0.1, -0.05) is 11.6 Å². The third-order valence-electron chi connectivity index (χ3n) is 4.08. The van der Waals surface area contributed by atoms with E-state index in [1.807, 2.05) is 12.1 Å². The molecule has 1 amide bonds. The summed E-state index contributed by atoms with van der Waals surface area (Å²) in [6, 6.07) is 14.0. The molecule has 0 fully saturated rings. The minimum absolute atomic E-state index is 0.306. The predicted molar refractivity (Wildman–Crippen MR) is 106 cm³/mol. The van der Waals surface area contributed by atoms with Gasteiger partial charge in [-0.15, -0.1) is 0 Å². The van der Waals surface area contributed by atoms with Gasteiger partial charge in [-0.25, -0.2) is 14.6 Å². The van der Waals surface area contributed by atoms with Crippen molar-refractivity contribution in [2.45, 2.75) is 0 Å². The van der Waals surface area contributed by atoms with Gasteiger partial charge in [0, 0.05) is 10.6 Å². The number of anilines is 1. The monoisotopic (exact) mass is 394 g/mol. The molecule has 0 aliphatic carbocycles. The minimum Gasteiger partial charge on any atom is -0.497 e. The number of carbonyl (C=O) groups is 1. The van der Waals surface area contributed by atoms with Crippen molar-refractivity contribution < 1.29 is 9.53 Å². The van der Waals surface area contributed by atoms with Crippen molar-refractivity contribution in [1.29, 1.82) is 0 Å². The molecule has 8 nitrogen and oxygen atoms in total. The Morgan fingerprint density at radius 2 is 1.82 bits per heavy atom. The summed E-state index contributed by atoms with van der Waals surface area (Å²) in [7, 11) is 1.57. The van der Waals surface area contributed by atoms with Gasteiger partial charge >= 0.3 is 0 Å². The zero-order valence-electron chi connectivity index (χ0n) is 14.8. The largest absolute Gasteiger partial charge is 0.497 e. The molecular formula is C19H15ClN6O2. The number of nitrogens with one attached hydrogen (secondary N) is 2. The average molecular weight is 395 g/mol. The molecule has 4 rings (SSSR count). The Bertz CT molecular complexity index is 1130. The van der Waals surface area contributed by atoms with Crippen LogP contribution >= 0.6 is 11.6 Å². The van der Waals surface area contributed by atoms with Gasteiger partial charge in [-0.05, 0) is 48.5 Å². The van der Waals surface area contributed by atoms with Gasteiger partial charge in [-0.3, -0.25) is 15.6 Å². The van der Waals surface area contributed by atoms with E-state index >= 15 is 0 Å². The van der Waals surface area contributed by atoms with Gasteiger partial charge in [0.1, 0.15) is 12.1 Å². The number of halogens is 1. The molecule has 2 aromatic carbocycles. The summed E-state index contributed by atoms with van der Waals surface area (Å²) >= 11 is 5.94. The molecule has 9 heteroatoms. The first kappa shape index (κ1) is 17.7. The summed E-state index contributed by atoms with van der Waals surface area (Å²) in [6.07, 6.45) is 3.03. The number of amides is 1. The van der Waals surface area contributed by atoms with Gasteiger partial charge in [0.2, 0.25) is 0 Å². The number of hydrogen-bond acceptors (Lipinski definition) is 6. The van der Waals surface area contributed by atoms with Crippen LogP contribution in [0.4, 0.5) is 5.82 Å². The zero-order chi connectivity index (χ0) is 19.5. The summed E-state index contributed by atoms with van der Waals surface area (Å²) in [5.74, 6) is 0.809. The van der Waals surface area contributed by atoms with Crippen LogP contribution in [-0.4, -0.2) is 32.8 Å². The first-order chi connectivity index (χ1) is 13.7. The molecule has 0 unspecified atom stereocenters. The quantitative estimate of drug-likeness (QED) is 0.505. The Hall–Kier alpha value is -3.65. The number of benzene rings is 2. The number of ether oxygens (including phenoxy) is 1. The number of aromatic nitrogens is 4. The van der Waals surface area contributed by atoms with E-state index in [2.05, 4.69) is 25.9 Å². The van der Waals surface area contributed by atoms with Crippen molar-refractivity contribution >= 4 is 34.4 Å². The van der Waals surface area contributed by atoms with Crippen LogP contribution in [0.3, 0.4) is 0 Å². The van der Waals surface area contributed by atoms with Crippen LogP contribution in [0.1, 0.15) is 10.4 Å². The highest BCUT2D eigenvalue weighted by Crippen LogP contribution is 2.22. The molecule has 0 spiro atoms. The van der Waals surface area contributed by atoms with E-state index in [4.69, 9.17) is 16.3 Å². The second kappa shape index (κ2) is 7.53. The molecule has 0 aliphatic heterocycles. The van der Waals surface area contributed by atoms with E-state index in [0.717, 1.165) is 5.69 Å². The van der Waals surface area contributed by atoms with Gasteiger partial charge in [0.05, 0.1) is 24.4 Å². The normalized spacial score (nSPS) is 10.6. The van der Waals surface area contributed by atoms with Crippen LogP contribution in [0.15, 0.2) is 61.1 Å². The second-order valence-corrected chi connectivity index (χ2v) is 6.24. The van der Waals surface area contributed by atoms with Crippen LogP contribution in [0.25, 0.3) is 16.7 Å². The SMILES string of the molecule is COc1ccc(C(=O)NNc2ncnc3c2cnn3-c2ccc(Cl)cc2)cc1. The number of nitrogens with zero attached hydrogens (tertiary/aromatic N) is 4. The lowest BCUT2D eigenvalue weighted by Gasteiger charge is -2.09. The zero-order valence-corrected chi connectivity index (χ0v) is 15.5. The van der Waals surface area contributed by atoms with E-state index in [-0.39, 0.29) is 5.91 Å². The summed E-state index contributed by atoms with van der Waals surface area (Å²) < 4.78 is 6.76. The van der Waals surface area contributed by atoms with Crippen molar-refractivity contribution in [2.24, 2.45) is 0 Å². The minimum atomic E-state index is -0.306. The number of fused-ring (bicyclic) bond motifs is 1. The molecule has 28 heavy (non-hydrogen) atoms. The van der Waals surface area contributed by atoms with Crippen LogP contribution in [0.2, 0.25) is 5.02 Å². The Kier molecular flexibility index (Phi) is 4.77. The fourth-order valence-electron chi connectivity index (χ4n) is 2.65. The molecule has 0 saturated heterocycles. The maximum Gasteiger partial charge on any atom is 0.269 e. The van der Waals surface area contributed by atoms with Crippen molar-refractivity contribution in [3.8, 4) is 11.4 Å². The predicted octanol–water partition coefficient (Wildman–Crippen LogP) is 3.23. The van der Waals surface area contributed by atoms with Gasteiger partial charge in [0.25, 0.3) is 5.91 Å². The molecule has 4 aromatic rings. The number of carbonyl (C=O) groups excluding carboxylic acids is 1. The van der Waals surface area contributed by atoms with Crippen molar-refractivity contribution in [3.05, 3.63) is 71.6 Å². The second-order valence-electron chi connectivity index (χ2n) is 5.80. The first-order valence-corrected chi connectivity index (χ1v) is 8.68. The van der Waals surface area contributed by atoms with Crippen LogP contribution in [0.5, 0.6) is 5.75 Å². The topological polar surface area (TPSA) is 94.0 Å². The van der Waals surface area contributed by atoms with Crippen LogP contribution in [0, 0.1) is 0 Å². The molecule has 2 N–H and O–H groups in total. The molecule has 0 bridgehead atoms. The van der Waals surface area contributed by atoms with E-state index in [1.165, 1.54) is 6.33 Å². The summed E-state index contributed by atoms with van der Waals surface area (Å²) in [4.78, 5) is 20.8. The molecule has 2 heterocycles. The summed E-state index contributed by atoms with van der Waals surface area (Å²) in [5.41, 5.74) is 7.35. The van der Waals surface area contributed by atoms with Gasteiger partial charge < -0.3 is 4.74 Å². The van der Waals surface area contributed by atoms with Gasteiger partial charge in [-0.2, -0.15) is 5.10 Å². The standard InChI is InChI=1S/C19H15ClN6O2/c1-28-15-8-2-12(3-9-15)19(27)25-24-17-16-10-23-26(18(16)22-11-21-17)14-6-4-13(20)5-7-14/h2-11H,1H3,(H,25,27)(H,21,22,24). The highest BCUT2D eigenvalue weighted by Gasteiger charge is 2.12. The van der Waals surface area contributed by atoms with Crippen molar-refractivity contribution in [2.75, 3.05) is 12.5 Å². The highest BCUT2D eigenvalue weighted by molar-refractivity contribution is 6.30. The summed E-state index contributed by atoms with van der Waals surface area (Å²) in [6.45, 7) is 0. The Labute approximate surface area is 165 Å². The molecule has 2 aromatic heterocycles. The lowest BCUT2D eigenvalue weighted by molar-refractivity contribution is 0.0962.